The summed E-state index contributed by atoms with van der Waals surface area (Å²) >= 11 is 1.40. The number of carboxylic acid groups (broad SMARTS) is 1. The minimum atomic E-state index is -1.15. The van der Waals surface area contributed by atoms with Crippen LogP contribution in [0.5, 0.6) is 0 Å². The van der Waals surface area contributed by atoms with E-state index in [1.54, 1.807) is 21.0 Å². The van der Waals surface area contributed by atoms with Gasteiger partial charge >= 0.3 is 5.97 Å². The zero-order valence-electron chi connectivity index (χ0n) is 18.1. The van der Waals surface area contributed by atoms with E-state index < -0.39 is 24.0 Å². The van der Waals surface area contributed by atoms with Crippen LogP contribution in [0.4, 0.5) is 0 Å². The standard InChI is InChI=1S/C20H30N4O6S/c1-9-15-14(10(2)25)19(28)24(15)16(20(29)30)17(9)31-11-7-12(22-8-11)18(27)21-6-5-13(26)23(3)4/h9-12,14-15,22,25H,5-8H2,1-4H3,(H,21,27)(H,29,30). The first-order valence-corrected chi connectivity index (χ1v) is 11.3. The van der Waals surface area contributed by atoms with E-state index in [2.05, 4.69) is 10.6 Å². The van der Waals surface area contributed by atoms with E-state index in [1.807, 2.05) is 6.92 Å². The highest BCUT2D eigenvalue weighted by Gasteiger charge is 2.60. The molecule has 6 atom stereocenters. The van der Waals surface area contributed by atoms with E-state index in [9.17, 15) is 29.4 Å². The number of β-lactam (4-membered cyclic amide) rings is 1. The molecule has 0 aliphatic carbocycles. The number of carbonyl (C=O) groups is 4. The molecule has 3 aliphatic heterocycles. The summed E-state index contributed by atoms with van der Waals surface area (Å²) in [4.78, 5) is 51.7. The van der Waals surface area contributed by atoms with Crippen molar-refractivity contribution >= 4 is 35.5 Å². The van der Waals surface area contributed by atoms with Gasteiger partial charge in [-0.15, -0.1) is 11.8 Å². The zero-order valence-corrected chi connectivity index (χ0v) is 18.9. The maximum atomic E-state index is 12.4. The van der Waals surface area contributed by atoms with Crippen LogP contribution in [0.2, 0.25) is 0 Å². The van der Waals surface area contributed by atoms with Gasteiger partial charge in [-0.3, -0.25) is 14.4 Å². The van der Waals surface area contributed by atoms with Crippen molar-refractivity contribution in [3.8, 4) is 0 Å². The molecule has 0 aromatic rings. The van der Waals surface area contributed by atoms with E-state index in [4.69, 9.17) is 0 Å². The maximum absolute atomic E-state index is 12.4. The van der Waals surface area contributed by atoms with E-state index in [0.717, 1.165) is 0 Å². The van der Waals surface area contributed by atoms with Crippen molar-refractivity contribution in [2.24, 2.45) is 11.8 Å². The Bertz CT molecular complexity index is 813. The number of nitrogens with zero attached hydrogens (tertiary/aromatic N) is 2. The Morgan fingerprint density at radius 3 is 2.61 bits per heavy atom. The molecule has 0 bridgehead atoms. The molecule has 3 amide bonds. The lowest BCUT2D eigenvalue weighted by atomic mass is 9.79. The Labute approximate surface area is 185 Å². The molecule has 0 radical (unpaired) electrons. The van der Waals surface area contributed by atoms with Crippen LogP contribution >= 0.6 is 11.8 Å². The molecule has 10 nitrogen and oxygen atoms in total. The number of nitrogens with one attached hydrogen (secondary N) is 2. The fourth-order valence-electron chi connectivity index (χ4n) is 4.49. The Kier molecular flexibility index (Phi) is 6.97. The second-order valence-electron chi connectivity index (χ2n) is 8.54. The maximum Gasteiger partial charge on any atom is 0.353 e. The number of thioether (sulfide) groups is 1. The highest BCUT2D eigenvalue weighted by molar-refractivity contribution is 8.03. The van der Waals surface area contributed by atoms with Crippen LogP contribution < -0.4 is 10.6 Å². The molecule has 0 aromatic heterocycles. The van der Waals surface area contributed by atoms with Crippen LogP contribution in [0.3, 0.4) is 0 Å². The molecule has 6 unspecified atom stereocenters. The summed E-state index contributed by atoms with van der Waals surface area (Å²) < 4.78 is 0. The van der Waals surface area contributed by atoms with Gasteiger partial charge in [-0.2, -0.15) is 0 Å². The lowest BCUT2D eigenvalue weighted by Gasteiger charge is -2.46. The molecule has 2 fully saturated rings. The molecule has 3 aliphatic rings. The van der Waals surface area contributed by atoms with Gasteiger partial charge in [-0.05, 0) is 13.3 Å². The summed E-state index contributed by atoms with van der Waals surface area (Å²) in [6.45, 7) is 4.22. The molecule has 11 heteroatoms. The van der Waals surface area contributed by atoms with E-state index >= 15 is 0 Å². The van der Waals surface area contributed by atoms with Crippen molar-refractivity contribution in [2.45, 2.75) is 50.1 Å². The number of carbonyl (C=O) groups excluding carboxylic acids is 3. The monoisotopic (exact) mass is 454 g/mol. The van der Waals surface area contributed by atoms with Crippen molar-refractivity contribution in [1.82, 2.24) is 20.4 Å². The summed E-state index contributed by atoms with van der Waals surface area (Å²) in [7, 11) is 3.32. The fourth-order valence-corrected chi connectivity index (χ4v) is 5.97. The first-order valence-electron chi connectivity index (χ1n) is 10.4. The van der Waals surface area contributed by atoms with E-state index in [0.29, 0.717) is 17.9 Å². The number of hydrogen-bond donors (Lipinski definition) is 4. The van der Waals surface area contributed by atoms with Gasteiger partial charge in [-0.25, -0.2) is 4.79 Å². The number of aliphatic carboxylic acids is 1. The molecule has 0 aromatic carbocycles. The van der Waals surface area contributed by atoms with Crippen molar-refractivity contribution in [3.63, 3.8) is 0 Å². The second-order valence-corrected chi connectivity index (χ2v) is 9.88. The quantitative estimate of drug-likeness (QED) is 0.350. The highest BCUT2D eigenvalue weighted by Crippen LogP contribution is 2.51. The predicted octanol–water partition coefficient (Wildman–Crippen LogP) is -0.802. The topological polar surface area (TPSA) is 139 Å². The van der Waals surface area contributed by atoms with Crippen LogP contribution in [0.1, 0.15) is 26.7 Å². The lowest BCUT2D eigenvalue weighted by molar-refractivity contribution is -0.163. The SMILES string of the molecule is CC(O)C1C(=O)N2C(C(=O)O)=C(SC3CNC(C(=O)NCCC(=O)N(C)C)C3)C(C)C12. The lowest BCUT2D eigenvalue weighted by Crippen LogP contribution is -2.63. The minimum Gasteiger partial charge on any atom is -0.477 e. The van der Waals surface area contributed by atoms with Crippen molar-refractivity contribution in [2.75, 3.05) is 27.2 Å². The third-order valence-electron chi connectivity index (χ3n) is 6.15. The van der Waals surface area contributed by atoms with Crippen LogP contribution in [0.15, 0.2) is 10.6 Å². The molecule has 0 saturated carbocycles. The summed E-state index contributed by atoms with van der Waals surface area (Å²) in [5.41, 5.74) is -0.000464. The van der Waals surface area contributed by atoms with Crippen molar-refractivity contribution in [3.05, 3.63) is 10.6 Å². The zero-order chi connectivity index (χ0) is 23.0. The Balaban J connectivity index is 1.60. The van der Waals surface area contributed by atoms with Gasteiger partial charge in [0.15, 0.2) is 0 Å². The number of aliphatic hydroxyl groups is 1. The van der Waals surface area contributed by atoms with Crippen molar-refractivity contribution in [1.29, 1.82) is 0 Å². The summed E-state index contributed by atoms with van der Waals surface area (Å²) in [6.07, 6.45) is -0.0954. The van der Waals surface area contributed by atoms with Crippen LogP contribution in [-0.4, -0.2) is 94.3 Å². The molecule has 31 heavy (non-hydrogen) atoms. The van der Waals surface area contributed by atoms with Gasteiger partial charge in [0.1, 0.15) is 5.70 Å². The van der Waals surface area contributed by atoms with Gasteiger partial charge in [-0.1, -0.05) is 6.92 Å². The third-order valence-corrected chi connectivity index (χ3v) is 7.66. The van der Waals surface area contributed by atoms with Crippen LogP contribution in [0, 0.1) is 11.8 Å². The first-order chi connectivity index (χ1) is 14.5. The smallest absolute Gasteiger partial charge is 0.353 e. The largest absolute Gasteiger partial charge is 0.477 e. The van der Waals surface area contributed by atoms with Crippen LogP contribution in [-0.2, 0) is 19.2 Å². The van der Waals surface area contributed by atoms with Gasteiger partial charge in [0.25, 0.3) is 0 Å². The first kappa shape index (κ1) is 23.6. The normalized spacial score (nSPS) is 30.7. The minimum absolute atomic E-state index is 0.000464. The van der Waals surface area contributed by atoms with Crippen molar-refractivity contribution < 1.29 is 29.4 Å². The molecule has 172 valence electrons. The number of fused-ring (bicyclic) bond motifs is 1. The van der Waals surface area contributed by atoms with E-state index in [1.165, 1.54) is 21.6 Å². The number of hydrogen-bond acceptors (Lipinski definition) is 7. The summed E-state index contributed by atoms with van der Waals surface area (Å²) in [5.74, 6) is -2.54. The molecule has 3 rings (SSSR count). The Hall–Kier alpha value is -2.11. The summed E-state index contributed by atoms with van der Waals surface area (Å²) in [6, 6.07) is -0.759. The second kappa shape index (κ2) is 9.17. The fraction of sp³-hybridized carbons (Fsp3) is 0.700. The molecular weight excluding hydrogens is 424 g/mol. The molecule has 4 N–H and O–H groups in total. The highest BCUT2D eigenvalue weighted by atomic mass is 32.2. The Morgan fingerprint density at radius 1 is 1.35 bits per heavy atom. The third kappa shape index (κ3) is 4.44. The number of amides is 3. The van der Waals surface area contributed by atoms with Gasteiger partial charge in [0, 0.05) is 49.7 Å². The average molecular weight is 455 g/mol. The average Bonchev–Trinajstić information content (AvgIpc) is 3.24. The molecule has 2 saturated heterocycles. The summed E-state index contributed by atoms with van der Waals surface area (Å²) in [5, 5.41) is 25.6. The molecule has 0 spiro atoms. The van der Waals surface area contributed by atoms with Gasteiger partial charge in [0.05, 0.1) is 24.1 Å². The van der Waals surface area contributed by atoms with Gasteiger partial charge < -0.3 is 30.6 Å². The number of aliphatic hydroxyl groups excluding tert-OH is 1. The predicted molar refractivity (Wildman–Crippen MR) is 114 cm³/mol. The van der Waals surface area contributed by atoms with Gasteiger partial charge in [0.2, 0.25) is 17.7 Å². The Morgan fingerprint density at radius 2 is 2.03 bits per heavy atom. The molecular formula is C20H30N4O6S. The number of carboxylic acids is 1. The number of rotatable bonds is 8. The van der Waals surface area contributed by atoms with E-state index in [-0.39, 0.29) is 53.6 Å². The molecule has 3 heterocycles. The van der Waals surface area contributed by atoms with Crippen LogP contribution in [0.25, 0.3) is 0 Å².